The van der Waals surface area contributed by atoms with E-state index in [1.165, 1.54) is 0 Å². The summed E-state index contributed by atoms with van der Waals surface area (Å²) >= 11 is 0. The van der Waals surface area contributed by atoms with Crippen LogP contribution in [0, 0.1) is 0 Å². The molecule has 0 heterocycles. The van der Waals surface area contributed by atoms with E-state index in [9.17, 15) is 0 Å². The van der Waals surface area contributed by atoms with Gasteiger partial charge < -0.3 is 10.5 Å². The minimum Gasteiger partial charge on any atom is -0.366 e. The van der Waals surface area contributed by atoms with Gasteiger partial charge >= 0.3 is 0 Å². The maximum absolute atomic E-state index is 5.12. The molecule has 0 aromatic rings. The summed E-state index contributed by atoms with van der Waals surface area (Å²) in [7, 11) is 0. The van der Waals surface area contributed by atoms with E-state index in [0.29, 0.717) is 13.4 Å². The molecule has 0 saturated heterocycles. The fourth-order valence-corrected chi connectivity index (χ4v) is 0.348. The predicted molar refractivity (Wildman–Crippen MR) is 33.3 cm³/mol. The van der Waals surface area contributed by atoms with Crippen molar-refractivity contribution in [2.24, 2.45) is 5.73 Å². The van der Waals surface area contributed by atoms with Crippen LogP contribution in [0.2, 0.25) is 0 Å². The highest BCUT2D eigenvalue weighted by atomic mass is 16.5. The molecular weight excluding hydrogens is 104 g/mol. The molecule has 0 aliphatic rings. The van der Waals surface area contributed by atoms with Gasteiger partial charge in [0.25, 0.3) is 0 Å². The lowest BCUT2D eigenvalue weighted by Crippen LogP contribution is -2.24. The van der Waals surface area contributed by atoms with Gasteiger partial charge in [0, 0.05) is 13.3 Å². The molecule has 0 rings (SSSR count). The van der Waals surface area contributed by atoms with E-state index in [0.717, 1.165) is 13.0 Å². The Morgan fingerprint density at radius 3 is 2.88 bits per heavy atom. The molecule has 0 aliphatic carbocycles. The topological polar surface area (TPSA) is 47.3 Å². The normalized spacial score (nSPS) is 9.75. The van der Waals surface area contributed by atoms with Gasteiger partial charge in [-0.3, -0.25) is 5.32 Å². The highest BCUT2D eigenvalue weighted by Gasteiger charge is 1.79. The molecule has 0 atom stereocenters. The van der Waals surface area contributed by atoms with Crippen LogP contribution in [0.4, 0.5) is 0 Å². The maximum atomic E-state index is 5.12. The van der Waals surface area contributed by atoms with E-state index in [1.54, 1.807) is 0 Å². The zero-order valence-electron chi connectivity index (χ0n) is 5.31. The summed E-state index contributed by atoms with van der Waals surface area (Å²) in [6, 6.07) is 0. The molecular formula is C5H14N2O. The highest BCUT2D eigenvalue weighted by Crippen LogP contribution is 1.74. The van der Waals surface area contributed by atoms with Gasteiger partial charge in [-0.2, -0.15) is 0 Å². The van der Waals surface area contributed by atoms with Gasteiger partial charge in [0.05, 0.1) is 6.73 Å². The number of rotatable bonds is 5. The van der Waals surface area contributed by atoms with Gasteiger partial charge in [-0.05, 0) is 6.42 Å². The third-order valence-corrected chi connectivity index (χ3v) is 0.697. The number of nitrogens with two attached hydrogens (primary N) is 1. The summed E-state index contributed by atoms with van der Waals surface area (Å²) in [5, 5.41) is 2.84. The van der Waals surface area contributed by atoms with E-state index >= 15 is 0 Å². The molecule has 3 nitrogen and oxygen atoms in total. The quantitative estimate of drug-likeness (QED) is 0.390. The van der Waals surface area contributed by atoms with Crippen LogP contribution in [0.25, 0.3) is 0 Å². The largest absolute Gasteiger partial charge is 0.366 e. The van der Waals surface area contributed by atoms with Crippen LogP contribution in [0.3, 0.4) is 0 Å². The Kier molecular flexibility index (Phi) is 6.78. The zero-order valence-corrected chi connectivity index (χ0v) is 5.31. The van der Waals surface area contributed by atoms with Crippen molar-refractivity contribution < 1.29 is 4.74 Å². The molecule has 50 valence electrons. The minimum absolute atomic E-state index is 0.490. The Bertz CT molecular complexity index is 35.4. The highest BCUT2D eigenvalue weighted by molar-refractivity contribution is 4.27. The molecule has 0 aromatic carbocycles. The first-order valence-corrected chi connectivity index (χ1v) is 2.90. The van der Waals surface area contributed by atoms with Crippen molar-refractivity contribution in [1.82, 2.24) is 5.32 Å². The van der Waals surface area contributed by atoms with Gasteiger partial charge in [-0.25, -0.2) is 0 Å². The van der Waals surface area contributed by atoms with Gasteiger partial charge in [-0.1, -0.05) is 6.92 Å². The van der Waals surface area contributed by atoms with Crippen molar-refractivity contribution in [3.63, 3.8) is 0 Å². The van der Waals surface area contributed by atoms with Crippen LogP contribution < -0.4 is 11.1 Å². The summed E-state index contributed by atoms with van der Waals surface area (Å²) in [6.07, 6.45) is 1.06. The molecule has 0 amide bonds. The predicted octanol–water partition coefficient (Wildman–Crippen LogP) is -0.124. The smallest absolute Gasteiger partial charge is 0.0974 e. The van der Waals surface area contributed by atoms with Crippen LogP contribution in [-0.2, 0) is 4.74 Å². The SMILES string of the molecule is CCCOCNCN. The van der Waals surface area contributed by atoms with E-state index in [1.807, 2.05) is 0 Å². The monoisotopic (exact) mass is 118 g/mol. The Hall–Kier alpha value is -0.120. The van der Waals surface area contributed by atoms with E-state index in [2.05, 4.69) is 12.2 Å². The zero-order chi connectivity index (χ0) is 6.24. The molecule has 0 radical (unpaired) electrons. The second kappa shape index (κ2) is 6.88. The van der Waals surface area contributed by atoms with Gasteiger partial charge in [-0.15, -0.1) is 0 Å². The second-order valence-electron chi connectivity index (χ2n) is 1.51. The summed E-state index contributed by atoms with van der Waals surface area (Å²) in [6.45, 7) is 3.95. The lowest BCUT2D eigenvalue weighted by Gasteiger charge is -2.00. The number of hydrogen-bond donors (Lipinski definition) is 2. The molecule has 0 spiro atoms. The Morgan fingerprint density at radius 1 is 1.62 bits per heavy atom. The van der Waals surface area contributed by atoms with E-state index in [-0.39, 0.29) is 0 Å². The lowest BCUT2D eigenvalue weighted by molar-refractivity contribution is 0.118. The first-order chi connectivity index (χ1) is 3.91. The Morgan fingerprint density at radius 2 is 2.38 bits per heavy atom. The standard InChI is InChI=1S/C5H14N2O/c1-2-3-8-5-7-4-6/h7H,2-6H2,1H3. The van der Waals surface area contributed by atoms with Gasteiger partial charge in [0.1, 0.15) is 0 Å². The third-order valence-electron chi connectivity index (χ3n) is 0.697. The van der Waals surface area contributed by atoms with E-state index in [4.69, 9.17) is 10.5 Å². The molecule has 0 aliphatic heterocycles. The maximum Gasteiger partial charge on any atom is 0.0974 e. The molecule has 0 fully saturated rings. The Balaban J connectivity index is 2.53. The average molecular weight is 118 g/mol. The van der Waals surface area contributed by atoms with Gasteiger partial charge in [0.2, 0.25) is 0 Å². The summed E-state index contributed by atoms with van der Waals surface area (Å²) in [4.78, 5) is 0. The molecule has 8 heavy (non-hydrogen) atoms. The fourth-order valence-electron chi connectivity index (χ4n) is 0.348. The summed E-state index contributed by atoms with van der Waals surface area (Å²) in [5.41, 5.74) is 5.12. The minimum atomic E-state index is 0.490. The first-order valence-electron chi connectivity index (χ1n) is 2.90. The van der Waals surface area contributed by atoms with E-state index < -0.39 is 0 Å². The van der Waals surface area contributed by atoms with Crippen LogP contribution in [0.5, 0.6) is 0 Å². The first kappa shape index (κ1) is 7.88. The van der Waals surface area contributed by atoms with Crippen molar-refractivity contribution >= 4 is 0 Å². The second-order valence-corrected chi connectivity index (χ2v) is 1.51. The van der Waals surface area contributed by atoms with Crippen LogP contribution >= 0.6 is 0 Å². The van der Waals surface area contributed by atoms with Crippen molar-refractivity contribution in [3.05, 3.63) is 0 Å². The van der Waals surface area contributed by atoms with Crippen molar-refractivity contribution in [2.45, 2.75) is 13.3 Å². The third kappa shape index (κ3) is 5.88. The number of nitrogens with one attached hydrogen (secondary N) is 1. The molecule has 0 aromatic heterocycles. The molecule has 0 saturated carbocycles. The van der Waals surface area contributed by atoms with Gasteiger partial charge in [0.15, 0.2) is 0 Å². The van der Waals surface area contributed by atoms with Crippen LogP contribution in [0.1, 0.15) is 13.3 Å². The number of ether oxygens (including phenoxy) is 1. The molecule has 0 bridgehead atoms. The average Bonchev–Trinajstić information content (AvgIpc) is 1.81. The van der Waals surface area contributed by atoms with Crippen molar-refractivity contribution in [3.8, 4) is 0 Å². The van der Waals surface area contributed by atoms with Crippen molar-refractivity contribution in [2.75, 3.05) is 20.0 Å². The number of hydrogen-bond acceptors (Lipinski definition) is 3. The van der Waals surface area contributed by atoms with Crippen LogP contribution in [0.15, 0.2) is 0 Å². The molecule has 3 heteroatoms. The van der Waals surface area contributed by atoms with Crippen molar-refractivity contribution in [1.29, 1.82) is 0 Å². The summed E-state index contributed by atoms with van der Waals surface area (Å²) in [5.74, 6) is 0. The fraction of sp³-hybridized carbons (Fsp3) is 1.00. The molecule has 0 unspecified atom stereocenters. The molecule has 3 N–H and O–H groups in total. The Labute approximate surface area is 50.2 Å². The summed E-state index contributed by atoms with van der Waals surface area (Å²) < 4.78 is 5.03. The van der Waals surface area contributed by atoms with Crippen LogP contribution in [-0.4, -0.2) is 20.0 Å². The lowest BCUT2D eigenvalue weighted by atomic mass is 10.5.